The van der Waals surface area contributed by atoms with Gasteiger partial charge >= 0.3 is 0 Å². The fourth-order valence-electron chi connectivity index (χ4n) is 3.37. The Hall–Kier alpha value is -3.31. The molecule has 3 aromatic carbocycles. The Morgan fingerprint density at radius 2 is 1.59 bits per heavy atom. The van der Waals surface area contributed by atoms with Crippen molar-refractivity contribution in [3.05, 3.63) is 105 Å². The van der Waals surface area contributed by atoms with Crippen LogP contribution in [0.15, 0.2) is 83.4 Å². The lowest BCUT2D eigenvalue weighted by Crippen LogP contribution is -2.30. The second-order valence-electron chi connectivity index (χ2n) is 7.34. The third-order valence-corrected chi connectivity index (χ3v) is 6.79. The number of carbonyl (C=O) groups is 2. The lowest BCUT2D eigenvalue weighted by Gasteiger charge is -2.19. The molecule has 0 spiro atoms. The molecule has 0 aromatic heterocycles. The molecule has 1 saturated heterocycles. The molecule has 1 unspecified atom stereocenters. The van der Waals surface area contributed by atoms with Crippen LogP contribution in [0.25, 0.3) is 0 Å². The van der Waals surface area contributed by atoms with Crippen LogP contribution < -0.4 is 10.2 Å². The van der Waals surface area contributed by atoms with Crippen LogP contribution in [0, 0.1) is 17.1 Å². The molecule has 4 rings (SSSR count). The van der Waals surface area contributed by atoms with Crippen molar-refractivity contribution in [2.75, 3.05) is 10.2 Å². The fourth-order valence-corrected chi connectivity index (χ4v) is 4.93. The summed E-state index contributed by atoms with van der Waals surface area (Å²) >= 11 is 13.1. The minimum atomic E-state index is -0.699. The summed E-state index contributed by atoms with van der Waals surface area (Å²) in [6.07, 6.45) is 0.381. The van der Waals surface area contributed by atoms with E-state index in [4.69, 9.17) is 23.2 Å². The first-order chi connectivity index (χ1) is 16.4. The van der Waals surface area contributed by atoms with E-state index in [1.54, 1.807) is 36.4 Å². The number of nitriles is 1. The van der Waals surface area contributed by atoms with Crippen LogP contribution >= 0.6 is 35.0 Å². The number of benzene rings is 3. The maximum Gasteiger partial charge on any atom is 0.269 e. The number of nitrogens with zero attached hydrogens (tertiary/aromatic N) is 2. The number of halogens is 3. The van der Waals surface area contributed by atoms with Crippen molar-refractivity contribution in [3.8, 4) is 6.07 Å². The summed E-state index contributed by atoms with van der Waals surface area (Å²) in [6.45, 7) is 0. The quantitative estimate of drug-likeness (QED) is 0.327. The highest BCUT2D eigenvalue weighted by Crippen LogP contribution is 2.42. The highest BCUT2D eigenvalue weighted by molar-refractivity contribution is 8.05. The van der Waals surface area contributed by atoms with Gasteiger partial charge in [0, 0.05) is 21.4 Å². The number of hydrogen-bond donors (Lipinski definition) is 1. The molecule has 34 heavy (non-hydrogen) atoms. The summed E-state index contributed by atoms with van der Waals surface area (Å²) in [4.78, 5) is 27.8. The lowest BCUT2D eigenvalue weighted by molar-refractivity contribution is -0.117. The first-order valence-corrected chi connectivity index (χ1v) is 11.7. The SMILES string of the molecule is N#CC(C(=O)Nc1ccc(F)cc1)=C1SC(Cc2ccc(Cl)cc2)C(=O)N1c1ccc(Cl)cc1. The average molecular weight is 512 g/mol. The molecular weight excluding hydrogens is 496 g/mol. The van der Waals surface area contributed by atoms with Crippen molar-refractivity contribution >= 4 is 58.2 Å². The molecule has 1 fully saturated rings. The number of rotatable bonds is 5. The van der Waals surface area contributed by atoms with E-state index >= 15 is 0 Å². The van der Waals surface area contributed by atoms with Gasteiger partial charge in [0.05, 0.1) is 5.25 Å². The van der Waals surface area contributed by atoms with Gasteiger partial charge in [0.1, 0.15) is 22.5 Å². The highest BCUT2D eigenvalue weighted by atomic mass is 35.5. The van der Waals surface area contributed by atoms with Crippen LogP contribution in [-0.2, 0) is 16.0 Å². The van der Waals surface area contributed by atoms with Gasteiger partial charge in [-0.25, -0.2) is 4.39 Å². The third kappa shape index (κ3) is 5.26. The van der Waals surface area contributed by atoms with E-state index in [1.807, 2.05) is 18.2 Å². The van der Waals surface area contributed by atoms with Crippen molar-refractivity contribution in [3.63, 3.8) is 0 Å². The Labute approximate surface area is 209 Å². The van der Waals surface area contributed by atoms with E-state index in [9.17, 15) is 19.2 Å². The van der Waals surface area contributed by atoms with Crippen LogP contribution in [0.5, 0.6) is 0 Å². The number of carbonyl (C=O) groups excluding carboxylic acids is 2. The molecule has 1 atom stereocenters. The van der Waals surface area contributed by atoms with E-state index in [-0.39, 0.29) is 16.5 Å². The summed E-state index contributed by atoms with van der Waals surface area (Å²) in [5.74, 6) is -1.41. The zero-order chi connectivity index (χ0) is 24.2. The van der Waals surface area contributed by atoms with E-state index in [2.05, 4.69) is 5.32 Å². The first-order valence-electron chi connectivity index (χ1n) is 10.1. The van der Waals surface area contributed by atoms with Crippen molar-refractivity contribution in [2.24, 2.45) is 0 Å². The van der Waals surface area contributed by atoms with Gasteiger partial charge in [-0.05, 0) is 72.6 Å². The molecule has 0 bridgehead atoms. The molecule has 1 aliphatic rings. The van der Waals surface area contributed by atoms with E-state index in [0.29, 0.717) is 27.8 Å². The molecule has 0 saturated carbocycles. The normalized spacial score (nSPS) is 16.8. The molecule has 3 aromatic rings. The second-order valence-corrected chi connectivity index (χ2v) is 9.40. The molecule has 9 heteroatoms. The summed E-state index contributed by atoms with van der Waals surface area (Å²) in [6, 6.07) is 20.8. The first kappa shape index (κ1) is 23.8. The predicted octanol–water partition coefficient (Wildman–Crippen LogP) is 6.20. The van der Waals surface area contributed by atoms with Crippen molar-refractivity contribution < 1.29 is 14.0 Å². The van der Waals surface area contributed by atoms with Gasteiger partial charge in [-0.1, -0.05) is 47.1 Å². The lowest BCUT2D eigenvalue weighted by atomic mass is 10.1. The Kier molecular flexibility index (Phi) is 7.23. The van der Waals surface area contributed by atoms with E-state index in [1.165, 1.54) is 29.2 Å². The van der Waals surface area contributed by atoms with Gasteiger partial charge < -0.3 is 5.32 Å². The standard InChI is InChI=1S/C25H16Cl2FN3O2S/c26-16-3-1-15(2-4-16)13-22-24(33)31(20-11-5-17(27)6-12-20)25(34-22)21(14-29)23(32)30-19-9-7-18(28)8-10-19/h1-12,22H,13H2,(H,30,32). The molecule has 1 heterocycles. The van der Waals surface area contributed by atoms with Crippen molar-refractivity contribution in [1.29, 1.82) is 5.26 Å². The third-order valence-electron chi connectivity index (χ3n) is 5.03. The summed E-state index contributed by atoms with van der Waals surface area (Å²) in [5.41, 5.74) is 1.47. The molecular formula is C25H16Cl2FN3O2S. The Morgan fingerprint density at radius 3 is 2.18 bits per heavy atom. The number of hydrogen-bond acceptors (Lipinski definition) is 4. The van der Waals surface area contributed by atoms with Crippen LogP contribution in [0.2, 0.25) is 10.0 Å². The Bertz CT molecular complexity index is 1300. The Morgan fingerprint density at radius 1 is 1.00 bits per heavy atom. The number of nitrogens with one attached hydrogen (secondary N) is 1. The van der Waals surface area contributed by atoms with Crippen molar-refractivity contribution in [2.45, 2.75) is 11.7 Å². The molecule has 1 aliphatic heterocycles. The minimum absolute atomic E-state index is 0.216. The molecule has 2 amide bonds. The zero-order valence-electron chi connectivity index (χ0n) is 17.5. The number of anilines is 2. The Balaban J connectivity index is 1.71. The largest absolute Gasteiger partial charge is 0.321 e. The van der Waals surface area contributed by atoms with Gasteiger partial charge in [-0.2, -0.15) is 5.26 Å². The van der Waals surface area contributed by atoms with Crippen molar-refractivity contribution in [1.82, 2.24) is 0 Å². The van der Waals surface area contributed by atoms with Gasteiger partial charge in [0.2, 0.25) is 5.91 Å². The van der Waals surface area contributed by atoms with Crippen LogP contribution in [-0.4, -0.2) is 17.1 Å². The van der Waals surface area contributed by atoms with E-state index in [0.717, 1.165) is 17.3 Å². The summed E-state index contributed by atoms with van der Waals surface area (Å²) in [5, 5.41) is 13.2. The molecule has 0 radical (unpaired) electrons. The molecule has 5 nitrogen and oxygen atoms in total. The smallest absolute Gasteiger partial charge is 0.269 e. The predicted molar refractivity (Wildman–Crippen MR) is 133 cm³/mol. The van der Waals surface area contributed by atoms with Crippen LogP contribution in [0.4, 0.5) is 15.8 Å². The summed E-state index contributed by atoms with van der Waals surface area (Å²) in [7, 11) is 0. The number of thioether (sulfide) groups is 1. The monoisotopic (exact) mass is 511 g/mol. The van der Waals surface area contributed by atoms with Gasteiger partial charge in [0.15, 0.2) is 0 Å². The second kappa shape index (κ2) is 10.3. The number of amides is 2. The van der Waals surface area contributed by atoms with Gasteiger partial charge in [-0.3, -0.25) is 14.5 Å². The van der Waals surface area contributed by atoms with Crippen LogP contribution in [0.3, 0.4) is 0 Å². The maximum absolute atomic E-state index is 13.4. The molecule has 170 valence electrons. The summed E-state index contributed by atoms with van der Waals surface area (Å²) < 4.78 is 13.2. The topological polar surface area (TPSA) is 73.2 Å². The van der Waals surface area contributed by atoms with Gasteiger partial charge in [-0.15, -0.1) is 0 Å². The van der Waals surface area contributed by atoms with Crippen LogP contribution in [0.1, 0.15) is 5.56 Å². The van der Waals surface area contributed by atoms with Gasteiger partial charge in [0.25, 0.3) is 5.91 Å². The fraction of sp³-hybridized carbons (Fsp3) is 0.0800. The molecule has 0 aliphatic carbocycles. The average Bonchev–Trinajstić information content (AvgIpc) is 3.13. The van der Waals surface area contributed by atoms with E-state index < -0.39 is 17.0 Å². The maximum atomic E-state index is 13.4. The highest BCUT2D eigenvalue weighted by Gasteiger charge is 2.40. The minimum Gasteiger partial charge on any atom is -0.321 e. The molecule has 1 N–H and O–H groups in total. The zero-order valence-corrected chi connectivity index (χ0v) is 19.8.